The highest BCUT2D eigenvalue weighted by Gasteiger charge is 2.23. The van der Waals surface area contributed by atoms with E-state index in [0.717, 1.165) is 25.2 Å². The number of piperidine rings is 1. The second kappa shape index (κ2) is 9.70. The highest BCUT2D eigenvalue weighted by atomic mass is 16.5. The van der Waals surface area contributed by atoms with Crippen LogP contribution in [0, 0.1) is 0 Å². The van der Waals surface area contributed by atoms with E-state index in [0.29, 0.717) is 17.9 Å². The fourth-order valence-corrected chi connectivity index (χ4v) is 3.82. The molecule has 1 aliphatic heterocycles. The number of ether oxygens (including phenoxy) is 1. The highest BCUT2D eigenvalue weighted by molar-refractivity contribution is 6.15. The van der Waals surface area contributed by atoms with E-state index >= 15 is 0 Å². The molecule has 0 spiro atoms. The third kappa shape index (κ3) is 5.04. The lowest BCUT2D eigenvalue weighted by Gasteiger charge is -2.27. The van der Waals surface area contributed by atoms with Gasteiger partial charge in [-0.1, -0.05) is 50.6 Å². The number of likely N-dealkylation sites (tertiary alicyclic amines) is 1. The van der Waals surface area contributed by atoms with Gasteiger partial charge in [-0.3, -0.25) is 9.69 Å². The van der Waals surface area contributed by atoms with E-state index in [1.165, 1.54) is 25.3 Å². The van der Waals surface area contributed by atoms with Gasteiger partial charge in [0, 0.05) is 12.1 Å². The fourth-order valence-electron chi connectivity index (χ4n) is 3.82. The number of benzene rings is 2. The molecule has 0 bridgehead atoms. The van der Waals surface area contributed by atoms with Gasteiger partial charge in [0.05, 0.1) is 11.1 Å². The van der Waals surface area contributed by atoms with Crippen LogP contribution in [0.1, 0.15) is 70.9 Å². The maximum Gasteiger partial charge on any atom is 0.336 e. The molecule has 0 amide bonds. The normalized spacial score (nSPS) is 14.7. The van der Waals surface area contributed by atoms with Crippen LogP contribution in [0.2, 0.25) is 0 Å². The van der Waals surface area contributed by atoms with E-state index in [9.17, 15) is 14.7 Å². The monoisotopic (exact) mass is 395 g/mol. The topological polar surface area (TPSA) is 66.8 Å². The summed E-state index contributed by atoms with van der Waals surface area (Å²) < 4.78 is 6.17. The van der Waals surface area contributed by atoms with Crippen LogP contribution >= 0.6 is 0 Å². The van der Waals surface area contributed by atoms with Crippen molar-refractivity contribution in [1.29, 1.82) is 0 Å². The lowest BCUT2D eigenvalue weighted by molar-refractivity contribution is 0.0692. The molecule has 1 aliphatic rings. The molecule has 5 nitrogen and oxygen atoms in total. The van der Waals surface area contributed by atoms with Gasteiger partial charge < -0.3 is 9.84 Å². The molecule has 1 fully saturated rings. The Morgan fingerprint density at radius 3 is 2.28 bits per heavy atom. The molecule has 0 aromatic heterocycles. The van der Waals surface area contributed by atoms with Crippen molar-refractivity contribution in [3.05, 3.63) is 64.7 Å². The first-order chi connectivity index (χ1) is 14.0. The van der Waals surface area contributed by atoms with Crippen molar-refractivity contribution in [2.45, 2.75) is 39.0 Å². The summed E-state index contributed by atoms with van der Waals surface area (Å²) in [5.41, 5.74) is 1.57. The van der Waals surface area contributed by atoms with Crippen LogP contribution in [-0.4, -0.2) is 48.0 Å². The van der Waals surface area contributed by atoms with Gasteiger partial charge in [0.1, 0.15) is 12.4 Å². The molecule has 1 N–H and O–H groups in total. The number of aromatic carboxylic acids is 1. The summed E-state index contributed by atoms with van der Waals surface area (Å²) in [5, 5.41) is 9.47. The van der Waals surface area contributed by atoms with Crippen LogP contribution in [0.3, 0.4) is 0 Å². The molecular weight excluding hydrogens is 366 g/mol. The Morgan fingerprint density at radius 2 is 1.62 bits per heavy atom. The van der Waals surface area contributed by atoms with Gasteiger partial charge in [-0.05, 0) is 49.5 Å². The predicted octanol–water partition coefficient (Wildman–Crippen LogP) is 4.60. The minimum atomic E-state index is -1.11. The number of carbonyl (C=O) groups excluding carboxylic acids is 1. The summed E-state index contributed by atoms with van der Waals surface area (Å²) >= 11 is 0. The number of hydrogen-bond donors (Lipinski definition) is 1. The maximum atomic E-state index is 13.3. The molecule has 29 heavy (non-hydrogen) atoms. The number of para-hydroxylation sites is 1. The van der Waals surface area contributed by atoms with E-state index < -0.39 is 5.97 Å². The second-order valence-electron chi connectivity index (χ2n) is 7.81. The Morgan fingerprint density at radius 1 is 0.966 bits per heavy atom. The minimum Gasteiger partial charge on any atom is -0.491 e. The quantitative estimate of drug-likeness (QED) is 0.662. The number of carboxylic acids is 1. The summed E-state index contributed by atoms with van der Waals surface area (Å²) in [5.74, 6) is -0.674. The maximum absolute atomic E-state index is 13.3. The Kier molecular flexibility index (Phi) is 7.04. The number of nitrogens with zero attached hydrogens (tertiary/aromatic N) is 1. The standard InChI is InChI=1S/C24H29NO4/c1-17(2)18-11-8-12-21(22(26)19-9-4-5-10-20(19)24(27)28)23(18)29-16-15-25-13-6-3-7-14-25/h4-5,8-12,17H,3,6-7,13-16H2,1-2H3,(H,27,28). The molecule has 0 aliphatic carbocycles. The summed E-state index contributed by atoms with van der Waals surface area (Å²) in [6.07, 6.45) is 3.73. The Balaban J connectivity index is 1.89. The first-order valence-electron chi connectivity index (χ1n) is 10.3. The zero-order valence-electron chi connectivity index (χ0n) is 17.2. The van der Waals surface area contributed by atoms with E-state index in [1.807, 2.05) is 12.1 Å². The molecule has 2 aromatic carbocycles. The molecule has 0 radical (unpaired) electrons. The lowest BCUT2D eigenvalue weighted by atomic mass is 9.93. The predicted molar refractivity (Wildman–Crippen MR) is 113 cm³/mol. The van der Waals surface area contributed by atoms with Gasteiger partial charge in [0.25, 0.3) is 0 Å². The molecule has 0 unspecified atom stereocenters. The number of carbonyl (C=O) groups is 2. The summed E-state index contributed by atoms with van der Waals surface area (Å²) in [6, 6.07) is 11.9. The van der Waals surface area contributed by atoms with Crippen LogP contribution in [0.25, 0.3) is 0 Å². The van der Waals surface area contributed by atoms with Crippen molar-refractivity contribution >= 4 is 11.8 Å². The SMILES string of the molecule is CC(C)c1cccc(C(=O)c2ccccc2C(=O)O)c1OCCN1CCCCC1. The summed E-state index contributed by atoms with van der Waals surface area (Å²) in [4.78, 5) is 27.2. The van der Waals surface area contributed by atoms with Crippen LogP contribution < -0.4 is 4.74 Å². The smallest absolute Gasteiger partial charge is 0.336 e. The fraction of sp³-hybridized carbons (Fsp3) is 0.417. The Bertz CT molecular complexity index is 869. The largest absolute Gasteiger partial charge is 0.491 e. The van der Waals surface area contributed by atoms with E-state index in [1.54, 1.807) is 24.3 Å². The molecule has 1 heterocycles. The van der Waals surface area contributed by atoms with Crippen LogP contribution in [0.5, 0.6) is 5.75 Å². The van der Waals surface area contributed by atoms with Gasteiger partial charge in [-0.15, -0.1) is 0 Å². The Labute approximate surface area is 172 Å². The number of ketones is 1. The molecule has 0 saturated carbocycles. The molecule has 0 atom stereocenters. The lowest BCUT2D eigenvalue weighted by Crippen LogP contribution is -2.33. The van der Waals surface area contributed by atoms with Gasteiger partial charge in [0.2, 0.25) is 0 Å². The third-order valence-electron chi connectivity index (χ3n) is 5.42. The molecular formula is C24H29NO4. The van der Waals surface area contributed by atoms with Crippen molar-refractivity contribution in [3.8, 4) is 5.75 Å². The second-order valence-corrected chi connectivity index (χ2v) is 7.81. The van der Waals surface area contributed by atoms with Crippen LogP contribution in [0.15, 0.2) is 42.5 Å². The summed E-state index contributed by atoms with van der Waals surface area (Å²) in [6.45, 7) is 7.63. The van der Waals surface area contributed by atoms with Crippen molar-refractivity contribution in [3.63, 3.8) is 0 Å². The van der Waals surface area contributed by atoms with Gasteiger partial charge >= 0.3 is 5.97 Å². The molecule has 2 aromatic rings. The molecule has 5 heteroatoms. The zero-order chi connectivity index (χ0) is 20.8. The third-order valence-corrected chi connectivity index (χ3v) is 5.42. The van der Waals surface area contributed by atoms with Crippen molar-refractivity contribution in [2.24, 2.45) is 0 Å². The minimum absolute atomic E-state index is 0.00622. The van der Waals surface area contributed by atoms with E-state index in [4.69, 9.17) is 4.74 Å². The number of carboxylic acid groups (broad SMARTS) is 1. The van der Waals surface area contributed by atoms with Crippen molar-refractivity contribution in [1.82, 2.24) is 4.90 Å². The van der Waals surface area contributed by atoms with Crippen LogP contribution in [0.4, 0.5) is 0 Å². The van der Waals surface area contributed by atoms with Gasteiger partial charge in [-0.25, -0.2) is 4.79 Å². The summed E-state index contributed by atoms with van der Waals surface area (Å²) in [7, 11) is 0. The zero-order valence-corrected chi connectivity index (χ0v) is 17.2. The first kappa shape index (κ1) is 21.1. The molecule has 3 rings (SSSR count). The molecule has 1 saturated heterocycles. The Hall–Kier alpha value is -2.66. The van der Waals surface area contributed by atoms with Crippen molar-refractivity contribution in [2.75, 3.05) is 26.2 Å². The van der Waals surface area contributed by atoms with Gasteiger partial charge in [-0.2, -0.15) is 0 Å². The average molecular weight is 395 g/mol. The van der Waals surface area contributed by atoms with E-state index in [-0.39, 0.29) is 22.8 Å². The number of rotatable bonds is 8. The molecule has 154 valence electrons. The average Bonchev–Trinajstić information content (AvgIpc) is 2.74. The first-order valence-corrected chi connectivity index (χ1v) is 10.3. The van der Waals surface area contributed by atoms with E-state index in [2.05, 4.69) is 18.7 Å². The number of hydrogen-bond acceptors (Lipinski definition) is 4. The highest BCUT2D eigenvalue weighted by Crippen LogP contribution is 2.32. The van der Waals surface area contributed by atoms with Gasteiger partial charge in [0.15, 0.2) is 5.78 Å². The van der Waals surface area contributed by atoms with Crippen LogP contribution in [-0.2, 0) is 0 Å². The van der Waals surface area contributed by atoms with Crippen molar-refractivity contribution < 1.29 is 19.4 Å².